The monoisotopic (exact) mass is 1140 g/mol. The van der Waals surface area contributed by atoms with Crippen molar-refractivity contribution in [3.05, 3.63) is 324 Å². The summed E-state index contributed by atoms with van der Waals surface area (Å²) in [6.45, 7) is 0. The van der Waals surface area contributed by atoms with Crippen molar-refractivity contribution in [2.45, 2.75) is 11.0 Å². The van der Waals surface area contributed by atoms with Crippen LogP contribution in [0.1, 0.15) is 22.3 Å². The third kappa shape index (κ3) is 6.20. The summed E-state index contributed by atoms with van der Waals surface area (Å²) in [7, 11) is 2.12. The fourth-order valence-electron chi connectivity index (χ4n) is 18.3. The molecule has 1 fully saturated rings. The van der Waals surface area contributed by atoms with E-state index in [4.69, 9.17) is 0 Å². The summed E-state index contributed by atoms with van der Waals surface area (Å²) in [6, 6.07) is 108. The van der Waals surface area contributed by atoms with Gasteiger partial charge in [-0.1, -0.05) is 291 Å². The molecule has 2 heterocycles. The summed E-state index contributed by atoms with van der Waals surface area (Å²) in [6.07, 6.45) is 5.30. The van der Waals surface area contributed by atoms with Crippen LogP contribution in [-0.4, -0.2) is 17.9 Å². The predicted octanol–water partition coefficient (Wildman–Crippen LogP) is 20.1. The Kier molecular flexibility index (Phi) is 10.1. The Bertz CT molecular complexity index is 6040. The zero-order valence-corrected chi connectivity index (χ0v) is 49.4. The van der Waals surface area contributed by atoms with Gasteiger partial charge in [0, 0.05) is 18.9 Å². The fraction of sp³-hybridized carbons (Fsp3) is 0.0568. The highest BCUT2D eigenvalue weighted by molar-refractivity contribution is 6.42. The molecule has 418 valence electrons. The number of amides is 1. The first-order valence-corrected chi connectivity index (χ1v) is 31.7. The van der Waals surface area contributed by atoms with Crippen molar-refractivity contribution in [3.8, 4) is 44.5 Å². The van der Waals surface area contributed by atoms with Crippen LogP contribution in [0.5, 0.6) is 0 Å². The minimum absolute atomic E-state index is 0.0968. The van der Waals surface area contributed by atoms with Crippen LogP contribution in [0.2, 0.25) is 0 Å². The smallest absolute Gasteiger partial charge is 0.239 e. The first-order valence-electron chi connectivity index (χ1n) is 31.7. The van der Waals surface area contributed by atoms with Gasteiger partial charge in [0.25, 0.3) is 0 Å². The second-order valence-electron chi connectivity index (χ2n) is 25.5. The molecule has 2 nitrogen and oxygen atoms in total. The molecule has 0 saturated carbocycles. The standard InChI is InChI=1S/C88H55NO/c1-89-86(90)87(60-36-16-6-17-37-60)70-48-66-68(80(54-28-12-4-13-29-54)84-64-42-22-34-58-46-44-56-32-20-40-62(74(56)76(58)64)82(84)78(66)52-24-8-2-9-25-52)50-72(70)88(89,61-38-18-7-19-39-61)73-51-69-67(49-71(73)87)79(53-26-10-3-11-27-53)83-63-41-21-33-57-45-47-59-35-23-43-65(77(59)75(57)63)85(83)81(69)55-30-14-5-15-31-55/h2-51,70,72H,1H3. The fourth-order valence-corrected chi connectivity index (χ4v) is 18.3. The summed E-state index contributed by atoms with van der Waals surface area (Å²) in [5, 5.41) is 24.6. The van der Waals surface area contributed by atoms with Crippen LogP contribution in [0.15, 0.2) is 291 Å². The summed E-state index contributed by atoms with van der Waals surface area (Å²) in [4.78, 5) is 19.7. The number of likely N-dealkylation sites (N-methyl/N-ethyl adjacent to an activating group) is 1. The maximum Gasteiger partial charge on any atom is 0.239 e. The second-order valence-corrected chi connectivity index (χ2v) is 25.5. The number of benzene rings is 17. The largest absolute Gasteiger partial charge is 0.330 e. The molecule has 0 radical (unpaired) electrons. The van der Waals surface area contributed by atoms with Gasteiger partial charge in [0.15, 0.2) is 0 Å². The van der Waals surface area contributed by atoms with Gasteiger partial charge in [-0.2, -0.15) is 0 Å². The molecule has 2 bridgehead atoms. The van der Waals surface area contributed by atoms with Gasteiger partial charge >= 0.3 is 0 Å². The second kappa shape index (κ2) is 18.2. The maximum atomic E-state index is 17.5. The Labute approximate surface area is 519 Å². The van der Waals surface area contributed by atoms with E-state index >= 15 is 4.79 Å². The van der Waals surface area contributed by atoms with Crippen LogP contribution in [0.3, 0.4) is 0 Å². The zero-order chi connectivity index (χ0) is 59.1. The van der Waals surface area contributed by atoms with E-state index in [1.165, 1.54) is 119 Å². The van der Waals surface area contributed by atoms with Crippen LogP contribution in [-0.2, 0) is 15.7 Å². The van der Waals surface area contributed by atoms with Gasteiger partial charge in [0.1, 0.15) is 11.0 Å². The lowest BCUT2D eigenvalue weighted by atomic mass is 9.44. The van der Waals surface area contributed by atoms with Crippen molar-refractivity contribution in [2.75, 3.05) is 7.05 Å². The van der Waals surface area contributed by atoms with E-state index < -0.39 is 11.0 Å². The quantitative estimate of drug-likeness (QED) is 0.120. The van der Waals surface area contributed by atoms with Crippen LogP contribution in [0.25, 0.3) is 154 Å². The van der Waals surface area contributed by atoms with Crippen LogP contribution >= 0.6 is 0 Å². The Morgan fingerprint density at radius 2 is 0.611 bits per heavy atom. The molecule has 90 heavy (non-hydrogen) atoms. The molecule has 17 aromatic rings. The minimum Gasteiger partial charge on any atom is -0.330 e. The Morgan fingerprint density at radius 1 is 0.289 bits per heavy atom. The Balaban J connectivity index is 1.05. The normalized spacial score (nSPS) is 18.5. The first kappa shape index (κ1) is 49.9. The van der Waals surface area contributed by atoms with E-state index in [-0.39, 0.29) is 17.7 Å². The predicted molar refractivity (Wildman–Crippen MR) is 377 cm³/mol. The highest BCUT2D eigenvalue weighted by atomic mass is 16.2. The van der Waals surface area contributed by atoms with E-state index in [0.29, 0.717) is 0 Å². The topological polar surface area (TPSA) is 20.3 Å². The Morgan fingerprint density at radius 3 is 1.00 bits per heavy atom. The van der Waals surface area contributed by atoms with E-state index in [1.54, 1.807) is 0 Å². The molecule has 4 unspecified atom stereocenters. The molecule has 0 spiro atoms. The summed E-state index contributed by atoms with van der Waals surface area (Å²) < 4.78 is 0. The van der Waals surface area contributed by atoms with E-state index in [9.17, 15) is 0 Å². The highest BCUT2D eigenvalue weighted by Crippen LogP contribution is 2.67. The van der Waals surface area contributed by atoms with Crippen LogP contribution < -0.4 is 10.4 Å². The molecular weight excluding hydrogens is 1090 g/mol. The molecule has 2 aliphatic carbocycles. The lowest BCUT2D eigenvalue weighted by Crippen LogP contribution is -2.73. The van der Waals surface area contributed by atoms with Gasteiger partial charge in [-0.3, -0.25) is 4.79 Å². The summed E-state index contributed by atoms with van der Waals surface area (Å²) in [5.74, 6) is -0.547. The number of piperidine rings is 1. The molecule has 0 aromatic heterocycles. The van der Waals surface area contributed by atoms with Gasteiger partial charge in [0.2, 0.25) is 5.91 Å². The van der Waals surface area contributed by atoms with Crippen molar-refractivity contribution in [1.82, 2.24) is 4.90 Å². The average molecular weight is 1140 g/mol. The number of nitrogens with zero attached hydrogens (tertiary/aromatic N) is 1. The van der Waals surface area contributed by atoms with Crippen molar-refractivity contribution in [2.24, 2.45) is 11.8 Å². The Hall–Kier alpha value is -11.2. The van der Waals surface area contributed by atoms with Gasteiger partial charge in [-0.05, 0) is 186 Å². The van der Waals surface area contributed by atoms with E-state index in [1.807, 2.05) is 0 Å². The number of hydrogen-bond donors (Lipinski definition) is 0. The first-order chi connectivity index (χ1) is 44.5. The van der Waals surface area contributed by atoms with Gasteiger partial charge in [-0.25, -0.2) is 0 Å². The molecular formula is C88H55NO. The molecule has 4 aliphatic rings. The highest BCUT2D eigenvalue weighted by Gasteiger charge is 2.70. The summed E-state index contributed by atoms with van der Waals surface area (Å²) in [5.41, 5.74) is 11.5. The molecule has 17 aromatic carbocycles. The van der Waals surface area contributed by atoms with Crippen molar-refractivity contribution >= 4 is 115 Å². The lowest BCUT2D eigenvalue weighted by molar-refractivity contribution is -0.153. The van der Waals surface area contributed by atoms with Crippen molar-refractivity contribution in [3.63, 3.8) is 0 Å². The SMILES string of the molecule is CN1C(=O)C2(c3ccccc3)c3cc4c(-c5ccccc5)c5c6cccc7ccc8cccc(c5c(-c5ccccc5)c4cc3C1(c1ccccc1)C1C=c3c(-c4ccccc4)c4c5cccc9ccc%10cccc(c4c(-c4ccccc4)c3=CC12)c%10c95)c8c76. The third-order valence-electron chi connectivity index (χ3n) is 21.6. The minimum atomic E-state index is -1.21. The molecule has 2 aliphatic heterocycles. The molecule has 0 N–H and O–H groups in total. The van der Waals surface area contributed by atoms with Gasteiger partial charge < -0.3 is 4.90 Å². The summed E-state index contributed by atoms with van der Waals surface area (Å²) >= 11 is 0. The zero-order valence-electron chi connectivity index (χ0n) is 49.4. The van der Waals surface area contributed by atoms with E-state index in [2.05, 4.69) is 315 Å². The van der Waals surface area contributed by atoms with Crippen LogP contribution in [0, 0.1) is 11.8 Å². The lowest BCUT2D eigenvalue weighted by Gasteiger charge is -2.65. The number of fused-ring (bicyclic) bond motifs is 9. The van der Waals surface area contributed by atoms with Crippen molar-refractivity contribution in [1.29, 1.82) is 0 Å². The molecule has 21 rings (SSSR count). The van der Waals surface area contributed by atoms with Crippen molar-refractivity contribution < 1.29 is 4.79 Å². The average Bonchev–Trinajstić information content (AvgIpc) is 0.647. The van der Waals surface area contributed by atoms with Gasteiger partial charge in [-0.15, -0.1) is 0 Å². The van der Waals surface area contributed by atoms with E-state index in [0.717, 1.165) is 55.3 Å². The van der Waals surface area contributed by atoms with Crippen LogP contribution in [0.4, 0.5) is 0 Å². The molecule has 1 saturated heterocycles. The number of hydrogen-bond acceptors (Lipinski definition) is 1. The maximum absolute atomic E-state index is 17.5. The number of carbonyl (C=O) groups is 1. The molecule has 1 amide bonds. The molecule has 4 atom stereocenters. The number of carbonyl (C=O) groups excluding carboxylic acids is 1. The molecule has 2 heteroatoms. The third-order valence-corrected chi connectivity index (χ3v) is 21.6. The van der Waals surface area contributed by atoms with Gasteiger partial charge in [0.05, 0.1) is 0 Å². The number of rotatable bonds is 6.